The number of para-hydroxylation sites is 2. The van der Waals surface area contributed by atoms with Crippen molar-refractivity contribution in [2.45, 2.75) is 38.1 Å². The predicted octanol–water partition coefficient (Wildman–Crippen LogP) is 3.02. The summed E-state index contributed by atoms with van der Waals surface area (Å²) >= 11 is 0. The maximum atomic E-state index is 12.9. The Morgan fingerprint density at radius 3 is 2.52 bits per heavy atom. The maximum Gasteiger partial charge on any atom is 0.393 e. The van der Waals surface area contributed by atoms with Crippen LogP contribution in [0.4, 0.5) is 13.2 Å². The van der Waals surface area contributed by atoms with Gasteiger partial charge in [0.25, 0.3) is 5.91 Å². The van der Waals surface area contributed by atoms with Gasteiger partial charge in [-0.3, -0.25) is 4.79 Å². The van der Waals surface area contributed by atoms with E-state index in [4.69, 9.17) is 9.47 Å². The smallest absolute Gasteiger partial charge is 0.393 e. The second kappa shape index (κ2) is 5.94. The van der Waals surface area contributed by atoms with Crippen molar-refractivity contribution >= 4 is 5.91 Å². The van der Waals surface area contributed by atoms with Gasteiger partial charge in [0.2, 0.25) is 6.10 Å². The number of carbonyl (C=O) groups is 1. The molecule has 0 radical (unpaired) electrons. The highest BCUT2D eigenvalue weighted by Crippen LogP contribution is 2.36. The highest BCUT2D eigenvalue weighted by atomic mass is 19.4. The molecule has 0 aromatic heterocycles. The average Bonchev–Trinajstić information content (AvgIpc) is 2.53. The standard InChI is InChI=1S/C16H18F3NO3/c1-10-14(23-13-7-3-2-6-12(13)22-10)15(21)20-8-4-5-11(9-20)16(17,18)19/h2-3,6-7,10-11,14H,4-5,8-9H2,1H3/t10-,11-,14+/m0/s1. The van der Waals surface area contributed by atoms with Crippen LogP contribution in [-0.2, 0) is 4.79 Å². The van der Waals surface area contributed by atoms with E-state index in [0.29, 0.717) is 24.5 Å². The molecule has 2 aliphatic heterocycles. The third-order valence-electron chi connectivity index (χ3n) is 4.28. The Bertz CT molecular complexity index is 590. The van der Waals surface area contributed by atoms with Crippen molar-refractivity contribution in [1.29, 1.82) is 0 Å². The van der Waals surface area contributed by atoms with E-state index in [9.17, 15) is 18.0 Å². The summed E-state index contributed by atoms with van der Waals surface area (Å²) < 4.78 is 50.0. The van der Waals surface area contributed by atoms with Crippen LogP contribution in [-0.4, -0.2) is 42.3 Å². The lowest BCUT2D eigenvalue weighted by Crippen LogP contribution is -2.54. The number of likely N-dealkylation sites (tertiary alicyclic amines) is 1. The maximum absolute atomic E-state index is 12.9. The summed E-state index contributed by atoms with van der Waals surface area (Å²) in [6, 6.07) is 6.94. The number of nitrogens with zero attached hydrogens (tertiary/aromatic N) is 1. The fourth-order valence-electron chi connectivity index (χ4n) is 3.02. The zero-order valence-electron chi connectivity index (χ0n) is 12.7. The Labute approximate surface area is 132 Å². The molecule has 0 aliphatic carbocycles. The number of halogens is 3. The zero-order valence-corrected chi connectivity index (χ0v) is 12.7. The van der Waals surface area contributed by atoms with Crippen molar-refractivity contribution in [3.63, 3.8) is 0 Å². The minimum atomic E-state index is -4.28. The van der Waals surface area contributed by atoms with E-state index >= 15 is 0 Å². The number of piperidine rings is 1. The van der Waals surface area contributed by atoms with E-state index in [2.05, 4.69) is 0 Å². The first-order valence-electron chi connectivity index (χ1n) is 7.64. The van der Waals surface area contributed by atoms with Crippen LogP contribution in [0, 0.1) is 5.92 Å². The van der Waals surface area contributed by atoms with Gasteiger partial charge in [0.15, 0.2) is 11.5 Å². The van der Waals surface area contributed by atoms with Crippen molar-refractivity contribution in [2.24, 2.45) is 5.92 Å². The van der Waals surface area contributed by atoms with Crippen LogP contribution in [0.1, 0.15) is 19.8 Å². The molecule has 3 atom stereocenters. The van der Waals surface area contributed by atoms with Crippen molar-refractivity contribution in [3.05, 3.63) is 24.3 Å². The normalized spacial score (nSPS) is 27.7. The van der Waals surface area contributed by atoms with Crippen LogP contribution in [0.2, 0.25) is 0 Å². The first kappa shape index (κ1) is 16.0. The summed E-state index contributed by atoms with van der Waals surface area (Å²) in [5.74, 6) is -0.933. The first-order chi connectivity index (χ1) is 10.9. The lowest BCUT2D eigenvalue weighted by atomic mass is 9.96. The molecule has 126 valence electrons. The van der Waals surface area contributed by atoms with Crippen LogP contribution in [0.15, 0.2) is 24.3 Å². The van der Waals surface area contributed by atoms with Gasteiger partial charge in [-0.25, -0.2) is 0 Å². The monoisotopic (exact) mass is 329 g/mol. The quantitative estimate of drug-likeness (QED) is 0.795. The van der Waals surface area contributed by atoms with Gasteiger partial charge in [0.1, 0.15) is 6.10 Å². The summed E-state index contributed by atoms with van der Waals surface area (Å²) in [5.41, 5.74) is 0. The Kier molecular flexibility index (Phi) is 4.12. The van der Waals surface area contributed by atoms with E-state index in [1.165, 1.54) is 4.90 Å². The van der Waals surface area contributed by atoms with Gasteiger partial charge in [-0.15, -0.1) is 0 Å². The highest BCUT2D eigenvalue weighted by molar-refractivity contribution is 5.82. The molecule has 2 heterocycles. The second-order valence-electron chi connectivity index (χ2n) is 5.97. The molecule has 0 bridgehead atoms. The van der Waals surface area contributed by atoms with E-state index in [1.807, 2.05) is 0 Å². The molecular formula is C16H18F3NO3. The molecule has 0 unspecified atom stereocenters. The SMILES string of the molecule is C[C@@H]1Oc2ccccc2O[C@H]1C(=O)N1CCC[C@H](C(F)(F)F)C1. The van der Waals surface area contributed by atoms with Crippen LogP contribution in [0.25, 0.3) is 0 Å². The third-order valence-corrected chi connectivity index (χ3v) is 4.28. The Hall–Kier alpha value is -1.92. The minimum Gasteiger partial charge on any atom is -0.482 e. The lowest BCUT2D eigenvalue weighted by molar-refractivity contribution is -0.190. The van der Waals surface area contributed by atoms with Gasteiger partial charge in [0.05, 0.1) is 5.92 Å². The number of benzene rings is 1. The van der Waals surface area contributed by atoms with E-state index in [1.54, 1.807) is 31.2 Å². The molecule has 1 fully saturated rings. The van der Waals surface area contributed by atoms with Crippen molar-refractivity contribution < 1.29 is 27.4 Å². The molecule has 1 aromatic rings. The van der Waals surface area contributed by atoms with Crippen molar-refractivity contribution in [2.75, 3.05) is 13.1 Å². The Morgan fingerprint density at radius 1 is 1.22 bits per heavy atom. The molecule has 1 aromatic carbocycles. The summed E-state index contributed by atoms with van der Waals surface area (Å²) in [5, 5.41) is 0. The first-order valence-corrected chi connectivity index (χ1v) is 7.64. The summed E-state index contributed by atoms with van der Waals surface area (Å²) in [6.45, 7) is 1.69. The number of amides is 1. The molecule has 0 N–H and O–H groups in total. The van der Waals surface area contributed by atoms with Crippen LogP contribution >= 0.6 is 0 Å². The number of fused-ring (bicyclic) bond motifs is 1. The molecule has 3 rings (SSSR count). The van der Waals surface area contributed by atoms with Crippen LogP contribution in [0.3, 0.4) is 0 Å². The van der Waals surface area contributed by atoms with Crippen molar-refractivity contribution in [3.8, 4) is 11.5 Å². The van der Waals surface area contributed by atoms with Gasteiger partial charge in [-0.1, -0.05) is 12.1 Å². The Balaban J connectivity index is 1.73. The largest absolute Gasteiger partial charge is 0.482 e. The lowest BCUT2D eigenvalue weighted by Gasteiger charge is -2.38. The van der Waals surface area contributed by atoms with E-state index in [0.717, 1.165) is 0 Å². The molecule has 4 nitrogen and oxygen atoms in total. The summed E-state index contributed by atoms with van der Waals surface area (Å²) in [4.78, 5) is 13.8. The third kappa shape index (κ3) is 3.23. The molecule has 0 saturated carbocycles. The number of ether oxygens (including phenoxy) is 2. The number of carbonyl (C=O) groups excluding carboxylic acids is 1. The van der Waals surface area contributed by atoms with E-state index in [-0.39, 0.29) is 13.0 Å². The molecule has 23 heavy (non-hydrogen) atoms. The average molecular weight is 329 g/mol. The fraction of sp³-hybridized carbons (Fsp3) is 0.562. The molecule has 0 spiro atoms. The highest BCUT2D eigenvalue weighted by Gasteiger charge is 2.45. The van der Waals surface area contributed by atoms with Gasteiger partial charge in [0, 0.05) is 13.1 Å². The fourth-order valence-corrected chi connectivity index (χ4v) is 3.02. The van der Waals surface area contributed by atoms with Gasteiger partial charge >= 0.3 is 6.18 Å². The number of rotatable bonds is 1. The van der Waals surface area contributed by atoms with E-state index < -0.39 is 30.2 Å². The predicted molar refractivity (Wildman–Crippen MR) is 76.3 cm³/mol. The topological polar surface area (TPSA) is 38.8 Å². The van der Waals surface area contributed by atoms with Crippen LogP contribution in [0.5, 0.6) is 11.5 Å². The second-order valence-corrected chi connectivity index (χ2v) is 5.97. The van der Waals surface area contributed by atoms with Crippen molar-refractivity contribution in [1.82, 2.24) is 4.90 Å². The zero-order chi connectivity index (χ0) is 16.6. The Morgan fingerprint density at radius 2 is 1.87 bits per heavy atom. The summed E-state index contributed by atoms with van der Waals surface area (Å²) in [6.07, 6.45) is -5.34. The molecule has 7 heteroatoms. The number of hydrogen-bond donors (Lipinski definition) is 0. The molecule has 1 saturated heterocycles. The number of hydrogen-bond acceptors (Lipinski definition) is 3. The summed E-state index contributed by atoms with van der Waals surface area (Å²) in [7, 11) is 0. The number of alkyl halides is 3. The minimum absolute atomic E-state index is 0.0632. The van der Waals surface area contributed by atoms with Gasteiger partial charge in [-0.05, 0) is 31.9 Å². The molecule has 1 amide bonds. The van der Waals surface area contributed by atoms with Crippen LogP contribution < -0.4 is 9.47 Å². The molecule has 2 aliphatic rings. The van der Waals surface area contributed by atoms with Gasteiger partial charge < -0.3 is 14.4 Å². The molecular weight excluding hydrogens is 311 g/mol. The van der Waals surface area contributed by atoms with Gasteiger partial charge in [-0.2, -0.15) is 13.2 Å².